The monoisotopic (exact) mass is 177 g/mol. The van der Waals surface area contributed by atoms with Crippen LogP contribution in [-0.4, -0.2) is 19.6 Å². The summed E-state index contributed by atoms with van der Waals surface area (Å²) in [7, 11) is 0. The smallest absolute Gasteiger partial charge is 0.00745 e. The van der Waals surface area contributed by atoms with Crippen molar-refractivity contribution < 1.29 is 0 Å². The Kier molecular flexibility index (Phi) is 5.22. The van der Waals surface area contributed by atoms with Crippen LogP contribution in [0.25, 0.3) is 0 Å². The molecule has 3 N–H and O–H groups in total. The zero-order valence-electron chi connectivity index (χ0n) is 7.92. The Balaban J connectivity index is 2.07. The molecule has 0 aliphatic heterocycles. The number of hydrogen-bond donors (Lipinski definition) is 2. The Bertz CT molecular complexity index is 209. The first-order chi connectivity index (χ1) is 6.43. The van der Waals surface area contributed by atoms with E-state index in [1.807, 2.05) is 12.1 Å². The van der Waals surface area contributed by atoms with Gasteiger partial charge in [-0.25, -0.2) is 0 Å². The van der Waals surface area contributed by atoms with Gasteiger partial charge in [0.1, 0.15) is 0 Å². The van der Waals surface area contributed by atoms with Gasteiger partial charge in [-0.15, -0.1) is 0 Å². The van der Waals surface area contributed by atoms with Crippen molar-refractivity contribution in [3.05, 3.63) is 35.9 Å². The van der Waals surface area contributed by atoms with E-state index < -0.39 is 0 Å². The van der Waals surface area contributed by atoms with Crippen LogP contribution in [0.1, 0.15) is 12.0 Å². The average Bonchev–Trinajstić information content (AvgIpc) is 2.19. The Morgan fingerprint density at radius 2 is 2.23 bits per heavy atom. The summed E-state index contributed by atoms with van der Waals surface area (Å²) in [5.74, 6) is 0. The molecule has 0 amide bonds. The van der Waals surface area contributed by atoms with Gasteiger partial charge in [-0.2, -0.15) is 0 Å². The lowest BCUT2D eigenvalue weighted by molar-refractivity contribution is 0.653. The summed E-state index contributed by atoms with van der Waals surface area (Å²) in [4.78, 5) is 0. The third-order valence-corrected chi connectivity index (χ3v) is 1.89. The second-order valence-corrected chi connectivity index (χ2v) is 3.03. The maximum Gasteiger partial charge on any atom is 0.00745 e. The standard InChI is InChI=1S/C11H17N2/c12-8-10-13-9-4-7-11-5-2-1-3-6-11/h1-3,5,13H,4,7-10,12H2. The Morgan fingerprint density at radius 3 is 2.92 bits per heavy atom. The maximum absolute atomic E-state index is 5.35. The van der Waals surface area contributed by atoms with Crippen LogP contribution < -0.4 is 11.1 Å². The topological polar surface area (TPSA) is 38.0 Å². The molecule has 0 aromatic heterocycles. The van der Waals surface area contributed by atoms with Crippen LogP contribution in [0.3, 0.4) is 0 Å². The molecule has 0 saturated heterocycles. The first kappa shape index (κ1) is 10.2. The fraction of sp³-hybridized carbons (Fsp3) is 0.455. The van der Waals surface area contributed by atoms with Crippen molar-refractivity contribution in [3.8, 4) is 0 Å². The highest BCUT2D eigenvalue weighted by atomic mass is 14.9. The number of aryl methyl sites for hydroxylation is 1. The minimum atomic E-state index is 0.720. The molecule has 13 heavy (non-hydrogen) atoms. The lowest BCUT2D eigenvalue weighted by Gasteiger charge is -2.02. The van der Waals surface area contributed by atoms with Crippen molar-refractivity contribution in [2.24, 2.45) is 5.73 Å². The summed E-state index contributed by atoms with van der Waals surface area (Å²) in [5.41, 5.74) is 6.64. The maximum atomic E-state index is 5.35. The highest BCUT2D eigenvalue weighted by molar-refractivity contribution is 5.12. The molecule has 1 aromatic rings. The number of rotatable bonds is 6. The van der Waals surface area contributed by atoms with E-state index >= 15 is 0 Å². The third-order valence-electron chi connectivity index (χ3n) is 1.89. The minimum Gasteiger partial charge on any atom is -0.329 e. The quantitative estimate of drug-likeness (QED) is 0.635. The van der Waals surface area contributed by atoms with Gasteiger partial charge in [-0.1, -0.05) is 24.3 Å². The van der Waals surface area contributed by atoms with Crippen molar-refractivity contribution in [2.75, 3.05) is 19.6 Å². The third kappa shape index (κ3) is 4.65. The first-order valence-electron chi connectivity index (χ1n) is 4.80. The molecule has 0 heterocycles. The zero-order valence-corrected chi connectivity index (χ0v) is 7.92. The molecule has 1 rings (SSSR count). The Hall–Kier alpha value is -0.860. The van der Waals surface area contributed by atoms with E-state index in [4.69, 9.17) is 5.73 Å². The van der Waals surface area contributed by atoms with Crippen LogP contribution in [-0.2, 0) is 6.42 Å². The molecule has 0 fully saturated rings. The van der Waals surface area contributed by atoms with E-state index in [9.17, 15) is 0 Å². The van der Waals surface area contributed by atoms with Crippen LogP contribution in [0, 0.1) is 6.07 Å². The van der Waals surface area contributed by atoms with Crippen molar-refractivity contribution in [1.82, 2.24) is 5.32 Å². The second-order valence-electron chi connectivity index (χ2n) is 3.03. The predicted octanol–water partition coefficient (Wildman–Crippen LogP) is 0.968. The minimum absolute atomic E-state index is 0.720. The molecule has 0 spiro atoms. The van der Waals surface area contributed by atoms with Crippen LogP contribution in [0.4, 0.5) is 0 Å². The van der Waals surface area contributed by atoms with Crippen molar-refractivity contribution in [1.29, 1.82) is 0 Å². The number of benzene rings is 1. The van der Waals surface area contributed by atoms with Gasteiger partial charge >= 0.3 is 0 Å². The van der Waals surface area contributed by atoms with Crippen molar-refractivity contribution in [3.63, 3.8) is 0 Å². The largest absolute Gasteiger partial charge is 0.329 e. The molecule has 2 heteroatoms. The fourth-order valence-electron chi connectivity index (χ4n) is 1.22. The first-order valence-corrected chi connectivity index (χ1v) is 4.80. The van der Waals surface area contributed by atoms with Gasteiger partial charge in [0.2, 0.25) is 0 Å². The van der Waals surface area contributed by atoms with E-state index in [2.05, 4.69) is 23.5 Å². The van der Waals surface area contributed by atoms with E-state index in [1.54, 1.807) is 0 Å². The SMILES string of the molecule is NCCNCCCc1[c]cccc1. The summed E-state index contributed by atoms with van der Waals surface area (Å²) in [5, 5.41) is 3.27. The molecular weight excluding hydrogens is 160 g/mol. The van der Waals surface area contributed by atoms with E-state index in [1.165, 1.54) is 5.56 Å². The summed E-state index contributed by atoms with van der Waals surface area (Å²) in [6.45, 7) is 2.68. The van der Waals surface area contributed by atoms with Gasteiger partial charge in [0.25, 0.3) is 0 Å². The molecule has 0 bridgehead atoms. The Morgan fingerprint density at radius 1 is 1.31 bits per heavy atom. The molecule has 0 atom stereocenters. The predicted molar refractivity (Wildman–Crippen MR) is 55.5 cm³/mol. The molecule has 0 saturated carbocycles. The molecular formula is C11H17N2. The van der Waals surface area contributed by atoms with Gasteiger partial charge in [0.15, 0.2) is 0 Å². The van der Waals surface area contributed by atoms with Crippen molar-refractivity contribution >= 4 is 0 Å². The molecule has 0 aliphatic carbocycles. The summed E-state index contributed by atoms with van der Waals surface area (Å²) < 4.78 is 0. The molecule has 0 aliphatic rings. The highest BCUT2D eigenvalue weighted by Crippen LogP contribution is 2.00. The van der Waals surface area contributed by atoms with Gasteiger partial charge in [-0.05, 0) is 31.0 Å². The van der Waals surface area contributed by atoms with Gasteiger partial charge in [-0.3, -0.25) is 0 Å². The Labute approximate surface area is 80.1 Å². The number of nitrogens with two attached hydrogens (primary N) is 1. The van der Waals surface area contributed by atoms with Gasteiger partial charge in [0.05, 0.1) is 0 Å². The fourth-order valence-corrected chi connectivity index (χ4v) is 1.22. The summed E-state index contributed by atoms with van der Waals surface area (Å²) in [6, 6.07) is 11.3. The van der Waals surface area contributed by atoms with E-state index in [0.717, 1.165) is 32.5 Å². The van der Waals surface area contributed by atoms with Crippen LogP contribution in [0.15, 0.2) is 24.3 Å². The molecule has 71 valence electrons. The van der Waals surface area contributed by atoms with Crippen LogP contribution >= 0.6 is 0 Å². The molecule has 0 unspecified atom stereocenters. The van der Waals surface area contributed by atoms with Gasteiger partial charge < -0.3 is 11.1 Å². The van der Waals surface area contributed by atoms with Gasteiger partial charge in [0, 0.05) is 13.1 Å². The highest BCUT2D eigenvalue weighted by Gasteiger charge is 1.91. The summed E-state index contributed by atoms with van der Waals surface area (Å²) >= 11 is 0. The molecule has 1 radical (unpaired) electrons. The van der Waals surface area contributed by atoms with Crippen LogP contribution in [0.5, 0.6) is 0 Å². The van der Waals surface area contributed by atoms with Crippen LogP contribution in [0.2, 0.25) is 0 Å². The zero-order chi connectivity index (χ0) is 9.36. The van der Waals surface area contributed by atoms with E-state index in [0.29, 0.717) is 0 Å². The number of hydrogen-bond acceptors (Lipinski definition) is 2. The molecule has 1 aromatic carbocycles. The number of nitrogens with one attached hydrogen (secondary N) is 1. The van der Waals surface area contributed by atoms with E-state index in [-0.39, 0.29) is 0 Å². The molecule has 2 nitrogen and oxygen atoms in total. The second kappa shape index (κ2) is 6.63. The lowest BCUT2D eigenvalue weighted by Crippen LogP contribution is -2.23. The average molecular weight is 177 g/mol. The van der Waals surface area contributed by atoms with Crippen molar-refractivity contribution in [2.45, 2.75) is 12.8 Å². The normalized spacial score (nSPS) is 10.2. The summed E-state index contributed by atoms with van der Waals surface area (Å²) in [6.07, 6.45) is 2.25. The lowest BCUT2D eigenvalue weighted by atomic mass is 10.1.